The Balaban J connectivity index is 1.39. The highest BCUT2D eigenvalue weighted by atomic mass is 15.0. The Morgan fingerprint density at radius 2 is 0.827 bits per heavy atom. The third-order valence-electron chi connectivity index (χ3n) is 9.89. The standard InChI is InChI=1S/C46H24N6/c47-25-30-9-5-10-31(26-48)44(30)29-21-22-42-39(23-29)46-38(45-32(27-49)11-6-12-33(45)28-50)17-8-20-43(46)52(42)35-14-7-13-34(24-35)51-40-18-3-1-15-36(40)37-16-2-4-19-41(37)51/h1-24H. The largest absolute Gasteiger partial charge is 0.309 e. The van der Waals surface area contributed by atoms with Gasteiger partial charge in [0.2, 0.25) is 0 Å². The van der Waals surface area contributed by atoms with Gasteiger partial charge in [0.05, 0.1) is 68.6 Å². The maximum atomic E-state index is 10.2. The van der Waals surface area contributed by atoms with Crippen molar-refractivity contribution >= 4 is 43.6 Å². The molecule has 2 aromatic heterocycles. The zero-order chi connectivity index (χ0) is 35.3. The normalized spacial score (nSPS) is 11.0. The summed E-state index contributed by atoms with van der Waals surface area (Å²) in [5, 5.41) is 44.6. The highest BCUT2D eigenvalue weighted by Crippen LogP contribution is 2.43. The molecule has 0 amide bonds. The number of aromatic nitrogens is 2. The average molecular weight is 661 g/mol. The maximum absolute atomic E-state index is 10.2. The summed E-state index contributed by atoms with van der Waals surface area (Å²) < 4.78 is 4.49. The van der Waals surface area contributed by atoms with Crippen LogP contribution in [0.3, 0.4) is 0 Å². The van der Waals surface area contributed by atoms with Gasteiger partial charge in [-0.25, -0.2) is 0 Å². The highest BCUT2D eigenvalue weighted by Gasteiger charge is 2.22. The van der Waals surface area contributed by atoms with Crippen LogP contribution in [-0.4, -0.2) is 9.13 Å². The molecular weight excluding hydrogens is 637 g/mol. The van der Waals surface area contributed by atoms with Gasteiger partial charge >= 0.3 is 0 Å². The van der Waals surface area contributed by atoms with E-state index in [-0.39, 0.29) is 0 Å². The summed E-state index contributed by atoms with van der Waals surface area (Å²) >= 11 is 0. The average Bonchev–Trinajstić information content (AvgIpc) is 3.73. The van der Waals surface area contributed by atoms with Gasteiger partial charge in [-0.3, -0.25) is 0 Å². The van der Waals surface area contributed by atoms with Gasteiger partial charge in [-0.1, -0.05) is 72.8 Å². The fourth-order valence-electron chi connectivity index (χ4n) is 7.76. The van der Waals surface area contributed by atoms with E-state index in [2.05, 4.69) is 112 Å². The first-order chi connectivity index (χ1) is 25.6. The van der Waals surface area contributed by atoms with Gasteiger partial charge in [-0.2, -0.15) is 21.0 Å². The first kappa shape index (κ1) is 30.2. The van der Waals surface area contributed by atoms with E-state index >= 15 is 0 Å². The smallest absolute Gasteiger partial charge is 0.0998 e. The van der Waals surface area contributed by atoms with E-state index < -0.39 is 0 Å². The van der Waals surface area contributed by atoms with Crippen molar-refractivity contribution in [2.75, 3.05) is 0 Å². The number of rotatable bonds is 4. The van der Waals surface area contributed by atoms with Gasteiger partial charge in [-0.05, 0) is 83.9 Å². The molecule has 0 saturated heterocycles. The lowest BCUT2D eigenvalue weighted by Crippen LogP contribution is -1.98. The molecule has 0 aliphatic carbocycles. The van der Waals surface area contributed by atoms with Gasteiger partial charge < -0.3 is 9.13 Å². The van der Waals surface area contributed by atoms with Crippen LogP contribution in [0.15, 0.2) is 146 Å². The van der Waals surface area contributed by atoms with Crippen molar-refractivity contribution in [2.24, 2.45) is 0 Å². The lowest BCUT2D eigenvalue weighted by atomic mass is 9.90. The molecule has 0 aliphatic rings. The Kier molecular flexibility index (Phi) is 6.91. The molecule has 6 heteroatoms. The molecule has 2 heterocycles. The predicted octanol–water partition coefficient (Wildman–Crippen LogP) is 10.7. The number of nitriles is 4. The van der Waals surface area contributed by atoms with Crippen LogP contribution in [0, 0.1) is 45.3 Å². The van der Waals surface area contributed by atoms with Gasteiger partial charge in [0.1, 0.15) is 0 Å². The quantitative estimate of drug-likeness (QED) is 0.187. The van der Waals surface area contributed by atoms with Crippen LogP contribution in [0.4, 0.5) is 0 Å². The second-order valence-corrected chi connectivity index (χ2v) is 12.6. The summed E-state index contributed by atoms with van der Waals surface area (Å²) in [4.78, 5) is 0. The van der Waals surface area contributed by atoms with E-state index in [1.165, 1.54) is 10.8 Å². The molecule has 0 fully saturated rings. The summed E-state index contributed by atoms with van der Waals surface area (Å²) in [6.45, 7) is 0. The van der Waals surface area contributed by atoms with Gasteiger partial charge in [-0.15, -0.1) is 0 Å². The fourth-order valence-corrected chi connectivity index (χ4v) is 7.76. The van der Waals surface area contributed by atoms with Crippen LogP contribution in [0.25, 0.3) is 77.2 Å². The molecule has 0 unspecified atom stereocenters. The Hall–Kier alpha value is -7.90. The topological polar surface area (TPSA) is 105 Å². The second-order valence-electron chi connectivity index (χ2n) is 12.6. The van der Waals surface area contributed by atoms with Crippen LogP contribution in [0.1, 0.15) is 22.3 Å². The Morgan fingerprint density at radius 1 is 0.365 bits per heavy atom. The molecule has 0 bridgehead atoms. The fraction of sp³-hybridized carbons (Fsp3) is 0. The molecule has 52 heavy (non-hydrogen) atoms. The van der Waals surface area contributed by atoms with Crippen molar-refractivity contribution in [1.82, 2.24) is 9.13 Å². The molecule has 0 aliphatic heterocycles. The number of hydrogen-bond donors (Lipinski definition) is 0. The number of fused-ring (bicyclic) bond motifs is 6. The van der Waals surface area contributed by atoms with E-state index in [0.29, 0.717) is 33.4 Å². The molecule has 9 aromatic rings. The first-order valence-electron chi connectivity index (χ1n) is 16.7. The first-order valence-corrected chi connectivity index (χ1v) is 16.7. The molecule has 0 atom stereocenters. The van der Waals surface area contributed by atoms with E-state index in [1.807, 2.05) is 30.3 Å². The highest BCUT2D eigenvalue weighted by molar-refractivity contribution is 6.17. The Labute approximate surface area is 298 Å². The van der Waals surface area contributed by atoms with Crippen LogP contribution in [-0.2, 0) is 0 Å². The van der Waals surface area contributed by atoms with Crippen molar-refractivity contribution in [3.8, 4) is 57.9 Å². The molecule has 0 N–H and O–H groups in total. The summed E-state index contributed by atoms with van der Waals surface area (Å²) in [7, 11) is 0. The van der Waals surface area contributed by atoms with Crippen LogP contribution in [0.5, 0.6) is 0 Å². The zero-order valence-corrected chi connectivity index (χ0v) is 27.5. The Morgan fingerprint density at radius 3 is 1.40 bits per heavy atom. The lowest BCUT2D eigenvalue weighted by molar-refractivity contribution is 1.13. The number of hydrogen-bond acceptors (Lipinski definition) is 4. The van der Waals surface area contributed by atoms with Crippen molar-refractivity contribution in [1.29, 1.82) is 21.0 Å². The van der Waals surface area contributed by atoms with Crippen LogP contribution < -0.4 is 0 Å². The lowest BCUT2D eigenvalue weighted by Gasteiger charge is -2.13. The van der Waals surface area contributed by atoms with Gasteiger partial charge in [0, 0.05) is 44.0 Å². The summed E-state index contributed by atoms with van der Waals surface area (Å²) in [5.41, 5.74) is 10.1. The molecule has 0 spiro atoms. The minimum absolute atomic E-state index is 0.401. The third kappa shape index (κ3) is 4.40. The molecule has 6 nitrogen and oxygen atoms in total. The summed E-state index contributed by atoms with van der Waals surface area (Å²) in [5.74, 6) is 0. The molecule has 238 valence electrons. The Bertz CT molecular complexity index is 3010. The third-order valence-corrected chi connectivity index (χ3v) is 9.89. The maximum Gasteiger partial charge on any atom is 0.0998 e. The minimum Gasteiger partial charge on any atom is -0.309 e. The summed E-state index contributed by atoms with van der Waals surface area (Å²) in [6.07, 6.45) is 0. The second kappa shape index (κ2) is 11.9. The van der Waals surface area contributed by atoms with Crippen molar-refractivity contribution in [3.05, 3.63) is 168 Å². The molecule has 0 radical (unpaired) electrons. The van der Waals surface area contributed by atoms with E-state index in [9.17, 15) is 21.0 Å². The molecular formula is C46H24N6. The van der Waals surface area contributed by atoms with Crippen molar-refractivity contribution in [3.63, 3.8) is 0 Å². The minimum atomic E-state index is 0.401. The number of benzene rings is 7. The van der Waals surface area contributed by atoms with Crippen molar-refractivity contribution in [2.45, 2.75) is 0 Å². The molecule has 0 saturated carbocycles. The van der Waals surface area contributed by atoms with E-state index in [0.717, 1.165) is 55.3 Å². The van der Waals surface area contributed by atoms with Gasteiger partial charge in [0.15, 0.2) is 0 Å². The molecule has 7 aromatic carbocycles. The monoisotopic (exact) mass is 660 g/mol. The van der Waals surface area contributed by atoms with Crippen molar-refractivity contribution < 1.29 is 0 Å². The number of nitrogens with zero attached hydrogens (tertiary/aromatic N) is 6. The van der Waals surface area contributed by atoms with E-state index in [1.54, 1.807) is 36.4 Å². The van der Waals surface area contributed by atoms with E-state index in [4.69, 9.17) is 0 Å². The van der Waals surface area contributed by atoms with Crippen LogP contribution in [0.2, 0.25) is 0 Å². The molecule has 9 rings (SSSR count). The zero-order valence-electron chi connectivity index (χ0n) is 27.5. The summed E-state index contributed by atoms with van der Waals surface area (Å²) in [6, 6.07) is 56.7. The number of para-hydroxylation sites is 2. The van der Waals surface area contributed by atoms with Gasteiger partial charge in [0.25, 0.3) is 0 Å². The van der Waals surface area contributed by atoms with Crippen LogP contribution >= 0.6 is 0 Å². The SMILES string of the molecule is N#Cc1cccc(C#N)c1-c1ccc2c(c1)c1c(-c3c(C#N)cccc3C#N)cccc1n2-c1cccc(-n2c3ccccc3c3ccccc32)c1. The predicted molar refractivity (Wildman–Crippen MR) is 205 cm³/mol.